The van der Waals surface area contributed by atoms with Crippen molar-refractivity contribution in [3.63, 3.8) is 0 Å². The van der Waals surface area contributed by atoms with Crippen LogP contribution in [0.15, 0.2) is 47.6 Å². The molecule has 0 aliphatic rings. The van der Waals surface area contributed by atoms with Gasteiger partial charge in [0.1, 0.15) is 5.75 Å². The Morgan fingerprint density at radius 2 is 1.89 bits per heavy atom. The fourth-order valence-electron chi connectivity index (χ4n) is 2.31. The van der Waals surface area contributed by atoms with E-state index in [9.17, 15) is 14.9 Å². The van der Waals surface area contributed by atoms with Gasteiger partial charge in [-0.2, -0.15) is 5.10 Å². The van der Waals surface area contributed by atoms with E-state index >= 15 is 0 Å². The van der Waals surface area contributed by atoms with Crippen LogP contribution in [0.1, 0.15) is 37.5 Å². The molecule has 7 heteroatoms. The average Bonchev–Trinajstić information content (AvgIpc) is 2.60. The largest absolute Gasteiger partial charge is 0.483 e. The Bertz CT molecular complexity index is 853. The molecule has 0 aliphatic carbocycles. The Hall–Kier alpha value is -3.22. The summed E-state index contributed by atoms with van der Waals surface area (Å²) >= 11 is 0. The summed E-state index contributed by atoms with van der Waals surface area (Å²) in [5.74, 6) is 0.255. The summed E-state index contributed by atoms with van der Waals surface area (Å²) in [5.41, 5.74) is 5.21. The van der Waals surface area contributed by atoms with Gasteiger partial charge in [0.05, 0.1) is 11.1 Å². The number of aryl methyl sites for hydroxylation is 1. The van der Waals surface area contributed by atoms with Crippen molar-refractivity contribution >= 4 is 17.8 Å². The number of nitrogens with zero attached hydrogens (tertiary/aromatic N) is 2. The van der Waals surface area contributed by atoms with Gasteiger partial charge in [0.15, 0.2) is 6.61 Å². The normalized spacial score (nSPS) is 11.4. The number of nitro benzene ring substituents is 1. The molecule has 2 aromatic rings. The highest BCUT2D eigenvalue weighted by Crippen LogP contribution is 2.27. The maximum Gasteiger partial charge on any atom is 0.277 e. The second-order valence-electron chi connectivity index (χ2n) is 7.16. The zero-order valence-corrected chi connectivity index (χ0v) is 15.9. The van der Waals surface area contributed by atoms with Gasteiger partial charge in [-0.05, 0) is 47.2 Å². The number of hydrogen-bond donors (Lipinski definition) is 1. The molecule has 142 valence electrons. The molecule has 0 fully saturated rings. The van der Waals surface area contributed by atoms with Crippen molar-refractivity contribution < 1.29 is 14.5 Å². The van der Waals surface area contributed by atoms with Gasteiger partial charge in [-0.15, -0.1) is 0 Å². The van der Waals surface area contributed by atoms with Gasteiger partial charge in [0.25, 0.3) is 11.6 Å². The summed E-state index contributed by atoms with van der Waals surface area (Å²) in [6.07, 6.45) is 1.41. The molecule has 0 radical (unpaired) electrons. The SMILES string of the molecule is Cc1cc(C(C)(C)C)ccc1OCC(=O)N/N=C/c1ccc([N+](=O)[O-])cc1. The lowest BCUT2D eigenvalue weighted by Gasteiger charge is -2.20. The highest BCUT2D eigenvalue weighted by atomic mass is 16.6. The average molecular weight is 369 g/mol. The molecule has 2 rings (SSSR count). The summed E-state index contributed by atoms with van der Waals surface area (Å²) in [4.78, 5) is 22.0. The van der Waals surface area contributed by atoms with E-state index < -0.39 is 10.8 Å². The van der Waals surface area contributed by atoms with Gasteiger partial charge in [-0.25, -0.2) is 5.43 Å². The fourth-order valence-corrected chi connectivity index (χ4v) is 2.31. The number of carbonyl (C=O) groups is 1. The molecule has 0 bridgehead atoms. The second kappa shape index (κ2) is 8.44. The Morgan fingerprint density at radius 3 is 2.44 bits per heavy atom. The van der Waals surface area contributed by atoms with Gasteiger partial charge in [0.2, 0.25) is 0 Å². The molecule has 0 saturated carbocycles. The maximum atomic E-state index is 11.8. The predicted octanol–water partition coefficient (Wildman–Crippen LogP) is 3.73. The molecule has 27 heavy (non-hydrogen) atoms. The standard InChI is InChI=1S/C20H23N3O4/c1-14-11-16(20(2,3)4)7-10-18(14)27-13-19(24)22-21-12-15-5-8-17(9-6-15)23(25)26/h5-12H,13H2,1-4H3,(H,22,24)/b21-12+. The van der Waals surface area contributed by atoms with E-state index in [0.717, 1.165) is 5.56 Å². The van der Waals surface area contributed by atoms with Crippen molar-refractivity contribution in [1.29, 1.82) is 0 Å². The molecule has 2 aromatic carbocycles. The first-order valence-electron chi connectivity index (χ1n) is 8.47. The lowest BCUT2D eigenvalue weighted by atomic mass is 9.86. The van der Waals surface area contributed by atoms with Crippen molar-refractivity contribution in [3.05, 3.63) is 69.3 Å². The van der Waals surface area contributed by atoms with Gasteiger partial charge < -0.3 is 4.74 Å². The minimum atomic E-state index is -0.476. The van der Waals surface area contributed by atoms with E-state index in [4.69, 9.17) is 4.74 Å². The third-order valence-electron chi connectivity index (χ3n) is 3.91. The maximum absolute atomic E-state index is 11.8. The lowest BCUT2D eigenvalue weighted by Crippen LogP contribution is -2.24. The molecule has 0 saturated heterocycles. The van der Waals surface area contributed by atoms with Gasteiger partial charge >= 0.3 is 0 Å². The van der Waals surface area contributed by atoms with Crippen molar-refractivity contribution in [1.82, 2.24) is 5.43 Å². The topological polar surface area (TPSA) is 93.8 Å². The van der Waals surface area contributed by atoms with E-state index in [1.54, 1.807) is 12.1 Å². The second-order valence-corrected chi connectivity index (χ2v) is 7.16. The van der Waals surface area contributed by atoms with E-state index in [-0.39, 0.29) is 17.7 Å². The number of ether oxygens (including phenoxy) is 1. The molecule has 0 aromatic heterocycles. The Kier molecular flexibility index (Phi) is 6.28. The number of hydrogen-bond acceptors (Lipinski definition) is 5. The van der Waals surface area contributed by atoms with E-state index in [1.807, 2.05) is 19.1 Å². The van der Waals surface area contributed by atoms with Crippen molar-refractivity contribution in [2.45, 2.75) is 33.1 Å². The summed E-state index contributed by atoms with van der Waals surface area (Å²) in [7, 11) is 0. The summed E-state index contributed by atoms with van der Waals surface area (Å²) < 4.78 is 5.55. The van der Waals surface area contributed by atoms with Crippen LogP contribution in [0.3, 0.4) is 0 Å². The first-order chi connectivity index (χ1) is 12.7. The number of rotatable bonds is 6. The van der Waals surface area contributed by atoms with Crippen LogP contribution in [-0.4, -0.2) is 23.7 Å². The number of hydrazone groups is 1. The van der Waals surface area contributed by atoms with Crippen molar-refractivity contribution in [3.8, 4) is 5.75 Å². The minimum absolute atomic E-state index is 0.00238. The van der Waals surface area contributed by atoms with Crippen molar-refractivity contribution in [2.75, 3.05) is 6.61 Å². The van der Waals surface area contributed by atoms with Crippen LogP contribution < -0.4 is 10.2 Å². The molecule has 0 heterocycles. The number of carbonyl (C=O) groups excluding carboxylic acids is 1. The Morgan fingerprint density at radius 1 is 1.22 bits per heavy atom. The van der Waals surface area contributed by atoms with Crippen LogP contribution in [0.25, 0.3) is 0 Å². The molecular formula is C20H23N3O4. The third kappa shape index (κ3) is 5.91. The number of benzene rings is 2. The number of nitro groups is 1. The highest BCUT2D eigenvalue weighted by molar-refractivity contribution is 5.83. The van der Waals surface area contributed by atoms with Gasteiger partial charge in [-0.1, -0.05) is 32.9 Å². The van der Waals surface area contributed by atoms with E-state index in [0.29, 0.717) is 11.3 Å². The van der Waals surface area contributed by atoms with Crippen LogP contribution in [0.4, 0.5) is 5.69 Å². The van der Waals surface area contributed by atoms with Crippen LogP contribution in [-0.2, 0) is 10.2 Å². The molecule has 0 spiro atoms. The smallest absolute Gasteiger partial charge is 0.277 e. The molecule has 0 atom stereocenters. The zero-order valence-electron chi connectivity index (χ0n) is 15.9. The molecule has 0 aliphatic heterocycles. The third-order valence-corrected chi connectivity index (χ3v) is 3.91. The number of nitrogens with one attached hydrogen (secondary N) is 1. The van der Waals surface area contributed by atoms with Crippen LogP contribution >= 0.6 is 0 Å². The van der Waals surface area contributed by atoms with Gasteiger partial charge in [0, 0.05) is 12.1 Å². The van der Waals surface area contributed by atoms with Crippen molar-refractivity contribution in [2.24, 2.45) is 5.10 Å². The monoisotopic (exact) mass is 369 g/mol. The fraction of sp³-hybridized carbons (Fsp3) is 0.300. The Labute approximate surface area is 158 Å². The predicted molar refractivity (Wildman–Crippen MR) is 104 cm³/mol. The van der Waals surface area contributed by atoms with E-state index in [1.165, 1.54) is 23.9 Å². The zero-order chi connectivity index (χ0) is 20.0. The quantitative estimate of drug-likeness (QED) is 0.477. The Balaban J connectivity index is 1.86. The summed E-state index contributed by atoms with van der Waals surface area (Å²) in [6, 6.07) is 11.7. The van der Waals surface area contributed by atoms with Crippen LogP contribution in [0, 0.1) is 17.0 Å². The lowest BCUT2D eigenvalue weighted by molar-refractivity contribution is -0.384. The molecule has 7 nitrogen and oxygen atoms in total. The number of non-ortho nitro benzene ring substituents is 1. The molecule has 1 amide bonds. The minimum Gasteiger partial charge on any atom is -0.483 e. The molecular weight excluding hydrogens is 346 g/mol. The first kappa shape index (κ1) is 20.1. The summed E-state index contributed by atoms with van der Waals surface area (Å²) in [6.45, 7) is 8.19. The van der Waals surface area contributed by atoms with Gasteiger partial charge in [-0.3, -0.25) is 14.9 Å². The summed E-state index contributed by atoms with van der Waals surface area (Å²) in [5, 5.41) is 14.4. The molecule has 0 unspecified atom stereocenters. The molecule has 1 N–H and O–H groups in total. The van der Waals surface area contributed by atoms with Crippen LogP contribution in [0.5, 0.6) is 5.75 Å². The first-order valence-corrected chi connectivity index (χ1v) is 8.47. The van der Waals surface area contributed by atoms with Crippen LogP contribution in [0.2, 0.25) is 0 Å². The van der Waals surface area contributed by atoms with E-state index in [2.05, 4.69) is 37.4 Å². The highest BCUT2D eigenvalue weighted by Gasteiger charge is 2.15. The number of amides is 1.